The van der Waals surface area contributed by atoms with Gasteiger partial charge in [-0.2, -0.15) is 0 Å². The van der Waals surface area contributed by atoms with Gasteiger partial charge in [-0.3, -0.25) is 0 Å². The summed E-state index contributed by atoms with van der Waals surface area (Å²) in [6, 6.07) is 3.95. The molecule has 1 aromatic rings. The Kier molecular flexibility index (Phi) is 4.52. The van der Waals surface area contributed by atoms with E-state index in [-0.39, 0.29) is 17.4 Å². The van der Waals surface area contributed by atoms with Crippen molar-refractivity contribution < 1.29 is 23.0 Å². The summed E-state index contributed by atoms with van der Waals surface area (Å²) >= 11 is 0. The van der Waals surface area contributed by atoms with E-state index in [0.717, 1.165) is 0 Å². The molecule has 0 radical (unpaired) electrons. The number of hydrogen-bond donors (Lipinski definition) is 2. The van der Waals surface area contributed by atoms with E-state index in [4.69, 9.17) is 9.47 Å². The summed E-state index contributed by atoms with van der Waals surface area (Å²) in [4.78, 5) is 0.0980. The van der Waals surface area contributed by atoms with Gasteiger partial charge in [-0.1, -0.05) is 13.8 Å². The van der Waals surface area contributed by atoms with Gasteiger partial charge in [-0.25, -0.2) is 13.1 Å². The normalized spacial score (nSPS) is 16.2. The molecule has 112 valence electrons. The number of sulfonamides is 1. The monoisotopic (exact) mass is 301 g/mol. The summed E-state index contributed by atoms with van der Waals surface area (Å²) in [6.07, 6.45) is 0. The van der Waals surface area contributed by atoms with Crippen molar-refractivity contribution in [2.45, 2.75) is 24.8 Å². The molecule has 0 unspecified atom stereocenters. The minimum atomic E-state index is -3.70. The lowest BCUT2D eigenvalue weighted by molar-refractivity contribution is 0.171. The Bertz CT molecular complexity index is 570. The SMILES string of the molecule is CC(C)[C@@H](CO)NS(=O)(=O)c1ccc2c(c1)OCCO2. The fourth-order valence-electron chi connectivity index (χ4n) is 1.84. The van der Waals surface area contributed by atoms with E-state index >= 15 is 0 Å². The highest BCUT2D eigenvalue weighted by atomic mass is 32.2. The number of nitrogens with one attached hydrogen (secondary N) is 1. The minimum Gasteiger partial charge on any atom is -0.486 e. The van der Waals surface area contributed by atoms with Gasteiger partial charge in [-0.05, 0) is 18.1 Å². The molecule has 1 atom stereocenters. The molecule has 2 rings (SSSR count). The highest BCUT2D eigenvalue weighted by Gasteiger charge is 2.24. The van der Waals surface area contributed by atoms with Crippen molar-refractivity contribution in [3.05, 3.63) is 18.2 Å². The Morgan fingerprint density at radius 2 is 1.90 bits per heavy atom. The molecule has 1 aromatic carbocycles. The Morgan fingerprint density at radius 1 is 1.25 bits per heavy atom. The van der Waals surface area contributed by atoms with Gasteiger partial charge >= 0.3 is 0 Å². The highest BCUT2D eigenvalue weighted by molar-refractivity contribution is 7.89. The van der Waals surface area contributed by atoms with E-state index in [1.807, 2.05) is 13.8 Å². The smallest absolute Gasteiger partial charge is 0.241 e. The average Bonchev–Trinajstić information content (AvgIpc) is 2.44. The summed E-state index contributed by atoms with van der Waals surface area (Å²) < 4.78 is 37.8. The van der Waals surface area contributed by atoms with Crippen LogP contribution in [0.15, 0.2) is 23.1 Å². The van der Waals surface area contributed by atoms with Crippen molar-refractivity contribution in [1.29, 1.82) is 0 Å². The van der Waals surface area contributed by atoms with Crippen LogP contribution in [0, 0.1) is 5.92 Å². The highest BCUT2D eigenvalue weighted by Crippen LogP contribution is 2.32. The first-order chi connectivity index (χ1) is 9.44. The summed E-state index contributed by atoms with van der Waals surface area (Å²) in [7, 11) is -3.70. The molecule has 7 heteroatoms. The zero-order valence-electron chi connectivity index (χ0n) is 11.5. The second-order valence-electron chi connectivity index (χ2n) is 4.96. The predicted molar refractivity (Wildman–Crippen MR) is 73.5 cm³/mol. The Labute approximate surface area is 118 Å². The number of ether oxygens (including phenoxy) is 2. The molecule has 0 aromatic heterocycles. The van der Waals surface area contributed by atoms with Gasteiger partial charge in [-0.15, -0.1) is 0 Å². The number of aliphatic hydroxyl groups is 1. The third kappa shape index (κ3) is 3.23. The first kappa shape index (κ1) is 15.1. The van der Waals surface area contributed by atoms with Gasteiger partial charge in [0, 0.05) is 12.1 Å². The number of aliphatic hydroxyl groups excluding tert-OH is 1. The van der Waals surface area contributed by atoms with Crippen LogP contribution in [0.3, 0.4) is 0 Å². The molecule has 20 heavy (non-hydrogen) atoms. The Balaban J connectivity index is 2.25. The zero-order chi connectivity index (χ0) is 14.8. The molecule has 0 spiro atoms. The van der Waals surface area contributed by atoms with E-state index in [0.29, 0.717) is 24.7 Å². The van der Waals surface area contributed by atoms with E-state index in [2.05, 4.69) is 4.72 Å². The Morgan fingerprint density at radius 3 is 2.50 bits per heavy atom. The van der Waals surface area contributed by atoms with Crippen molar-refractivity contribution in [3.8, 4) is 11.5 Å². The second-order valence-corrected chi connectivity index (χ2v) is 6.67. The third-order valence-corrected chi connectivity index (χ3v) is 4.62. The van der Waals surface area contributed by atoms with Gasteiger partial charge in [0.15, 0.2) is 11.5 Å². The first-order valence-electron chi connectivity index (χ1n) is 6.47. The largest absolute Gasteiger partial charge is 0.486 e. The van der Waals surface area contributed by atoms with Crippen LogP contribution in [0.4, 0.5) is 0 Å². The third-order valence-electron chi connectivity index (χ3n) is 3.13. The van der Waals surface area contributed by atoms with E-state index in [9.17, 15) is 13.5 Å². The molecule has 1 heterocycles. The molecular formula is C13H19NO5S. The van der Waals surface area contributed by atoms with Crippen LogP contribution < -0.4 is 14.2 Å². The van der Waals surface area contributed by atoms with Crippen LogP contribution in [-0.2, 0) is 10.0 Å². The van der Waals surface area contributed by atoms with Crippen molar-refractivity contribution in [3.63, 3.8) is 0 Å². The molecule has 0 saturated heterocycles. The maximum absolute atomic E-state index is 12.3. The van der Waals surface area contributed by atoms with Gasteiger partial charge in [0.25, 0.3) is 0 Å². The standard InChI is InChI=1S/C13H19NO5S/c1-9(2)11(8-15)14-20(16,17)10-3-4-12-13(7-10)19-6-5-18-12/h3-4,7,9,11,14-15H,5-6,8H2,1-2H3/t11-/m1/s1. The molecule has 1 aliphatic rings. The van der Waals surface area contributed by atoms with E-state index in [1.54, 1.807) is 6.07 Å². The van der Waals surface area contributed by atoms with Gasteiger partial charge < -0.3 is 14.6 Å². The van der Waals surface area contributed by atoms with Crippen molar-refractivity contribution in [2.75, 3.05) is 19.8 Å². The maximum atomic E-state index is 12.3. The molecular weight excluding hydrogens is 282 g/mol. The lowest BCUT2D eigenvalue weighted by Crippen LogP contribution is -2.41. The van der Waals surface area contributed by atoms with Crippen LogP contribution >= 0.6 is 0 Å². The predicted octanol–water partition coefficient (Wildman–Crippen LogP) is 0.753. The number of hydrogen-bond acceptors (Lipinski definition) is 5. The number of benzene rings is 1. The summed E-state index contributed by atoms with van der Waals surface area (Å²) in [6.45, 7) is 4.29. The fraction of sp³-hybridized carbons (Fsp3) is 0.538. The molecule has 0 saturated carbocycles. The lowest BCUT2D eigenvalue weighted by Gasteiger charge is -2.21. The van der Waals surface area contributed by atoms with Crippen LogP contribution in [0.1, 0.15) is 13.8 Å². The number of fused-ring (bicyclic) bond motifs is 1. The topological polar surface area (TPSA) is 84.9 Å². The maximum Gasteiger partial charge on any atom is 0.241 e. The van der Waals surface area contributed by atoms with Crippen LogP contribution in [0.2, 0.25) is 0 Å². The van der Waals surface area contributed by atoms with E-state index in [1.165, 1.54) is 12.1 Å². The van der Waals surface area contributed by atoms with Crippen molar-refractivity contribution in [1.82, 2.24) is 4.72 Å². The van der Waals surface area contributed by atoms with Gasteiger partial charge in [0.1, 0.15) is 13.2 Å². The first-order valence-corrected chi connectivity index (χ1v) is 7.95. The minimum absolute atomic E-state index is 0.00742. The molecule has 0 bridgehead atoms. The van der Waals surface area contributed by atoms with Crippen LogP contribution in [0.25, 0.3) is 0 Å². The lowest BCUT2D eigenvalue weighted by atomic mass is 10.1. The van der Waals surface area contributed by atoms with Gasteiger partial charge in [0.05, 0.1) is 11.5 Å². The molecule has 0 aliphatic carbocycles. The zero-order valence-corrected chi connectivity index (χ0v) is 12.3. The van der Waals surface area contributed by atoms with Gasteiger partial charge in [0.2, 0.25) is 10.0 Å². The van der Waals surface area contributed by atoms with Crippen molar-refractivity contribution >= 4 is 10.0 Å². The molecule has 0 fully saturated rings. The van der Waals surface area contributed by atoms with Crippen LogP contribution in [-0.4, -0.2) is 39.4 Å². The molecule has 1 aliphatic heterocycles. The second kappa shape index (κ2) is 5.99. The molecule has 2 N–H and O–H groups in total. The Hall–Kier alpha value is -1.31. The van der Waals surface area contributed by atoms with Crippen molar-refractivity contribution in [2.24, 2.45) is 5.92 Å². The molecule has 6 nitrogen and oxygen atoms in total. The average molecular weight is 301 g/mol. The summed E-state index contributed by atoms with van der Waals surface area (Å²) in [5.41, 5.74) is 0. The summed E-state index contributed by atoms with van der Waals surface area (Å²) in [5.74, 6) is 0.953. The fourth-order valence-corrected chi connectivity index (χ4v) is 3.23. The summed E-state index contributed by atoms with van der Waals surface area (Å²) in [5, 5.41) is 9.23. The van der Waals surface area contributed by atoms with Crippen LogP contribution in [0.5, 0.6) is 11.5 Å². The quantitative estimate of drug-likeness (QED) is 0.838. The van der Waals surface area contributed by atoms with E-state index < -0.39 is 16.1 Å². The molecule has 0 amide bonds. The number of rotatable bonds is 5.